The highest BCUT2D eigenvalue weighted by molar-refractivity contribution is 5.73. The van der Waals surface area contributed by atoms with Crippen LogP contribution in [0.15, 0.2) is 0 Å². The minimum absolute atomic E-state index is 0.0890. The van der Waals surface area contributed by atoms with Crippen LogP contribution in [0.1, 0.15) is 20.8 Å². The first-order valence-corrected chi connectivity index (χ1v) is 3.94. The van der Waals surface area contributed by atoms with Crippen molar-refractivity contribution in [1.29, 1.82) is 0 Å². The third kappa shape index (κ3) is 1.53. The molecule has 0 aromatic heterocycles. The smallest absolute Gasteiger partial charge is 0.219 e. The van der Waals surface area contributed by atoms with Crippen LogP contribution in [0, 0.1) is 5.41 Å². The third-order valence-electron chi connectivity index (χ3n) is 2.46. The van der Waals surface area contributed by atoms with E-state index in [0.717, 1.165) is 6.54 Å². The van der Waals surface area contributed by atoms with E-state index < -0.39 is 0 Å². The summed E-state index contributed by atoms with van der Waals surface area (Å²) in [6.45, 7) is 7.29. The molecule has 0 unspecified atom stereocenters. The quantitative estimate of drug-likeness (QED) is 0.544. The lowest BCUT2D eigenvalue weighted by atomic mass is 9.89. The summed E-state index contributed by atoms with van der Waals surface area (Å²) >= 11 is 0. The molecule has 0 saturated carbocycles. The van der Waals surface area contributed by atoms with E-state index in [4.69, 9.17) is 5.73 Å². The van der Waals surface area contributed by atoms with Crippen molar-refractivity contribution in [2.75, 3.05) is 13.1 Å². The Morgan fingerprint density at radius 2 is 2.18 bits per heavy atom. The van der Waals surface area contributed by atoms with Gasteiger partial charge < -0.3 is 10.6 Å². The highest BCUT2D eigenvalue weighted by Gasteiger charge is 2.37. The summed E-state index contributed by atoms with van der Waals surface area (Å²) in [7, 11) is 0. The number of carbonyl (C=O) groups is 1. The van der Waals surface area contributed by atoms with Crippen LogP contribution >= 0.6 is 0 Å². The maximum absolute atomic E-state index is 10.9. The zero-order chi connectivity index (χ0) is 8.65. The molecule has 0 aliphatic carbocycles. The highest BCUT2D eigenvalue weighted by atomic mass is 16.2. The number of nitrogens with two attached hydrogens (primary N) is 1. The summed E-state index contributed by atoms with van der Waals surface area (Å²) in [5.74, 6) is 0.131. The zero-order valence-corrected chi connectivity index (χ0v) is 7.42. The summed E-state index contributed by atoms with van der Waals surface area (Å²) in [6, 6.07) is 0.131. The largest absolute Gasteiger partial charge is 0.341 e. The van der Waals surface area contributed by atoms with Crippen molar-refractivity contribution < 1.29 is 4.79 Å². The van der Waals surface area contributed by atoms with Crippen molar-refractivity contribution in [3.05, 3.63) is 0 Å². The van der Waals surface area contributed by atoms with Crippen molar-refractivity contribution in [2.24, 2.45) is 11.1 Å². The van der Waals surface area contributed by atoms with Crippen molar-refractivity contribution in [1.82, 2.24) is 4.90 Å². The summed E-state index contributed by atoms with van der Waals surface area (Å²) < 4.78 is 0. The van der Waals surface area contributed by atoms with Gasteiger partial charge in [0.2, 0.25) is 5.91 Å². The fourth-order valence-electron chi connectivity index (χ4n) is 1.40. The molecule has 0 aromatic rings. The molecule has 1 amide bonds. The molecule has 2 N–H and O–H groups in total. The molecule has 11 heavy (non-hydrogen) atoms. The van der Waals surface area contributed by atoms with Crippen LogP contribution in [-0.4, -0.2) is 29.9 Å². The van der Waals surface area contributed by atoms with Crippen LogP contribution in [0.2, 0.25) is 0 Å². The Balaban J connectivity index is 2.64. The standard InChI is InChI=1S/C8H16N2O/c1-6(11)10-4-7(9)8(2,3)5-10/h7H,4-5,9H2,1-3H3/t7-/m1/s1. The summed E-state index contributed by atoms with van der Waals surface area (Å²) in [5.41, 5.74) is 5.94. The topological polar surface area (TPSA) is 46.3 Å². The molecular weight excluding hydrogens is 140 g/mol. The van der Waals surface area contributed by atoms with Crippen LogP contribution in [0.3, 0.4) is 0 Å². The van der Waals surface area contributed by atoms with Crippen molar-refractivity contribution >= 4 is 5.91 Å². The zero-order valence-electron chi connectivity index (χ0n) is 7.42. The van der Waals surface area contributed by atoms with Gasteiger partial charge in [-0.15, -0.1) is 0 Å². The van der Waals surface area contributed by atoms with Crippen LogP contribution in [0.4, 0.5) is 0 Å². The molecule has 1 heterocycles. The number of hydrogen-bond donors (Lipinski definition) is 1. The number of carbonyl (C=O) groups excluding carboxylic acids is 1. The van der Waals surface area contributed by atoms with Gasteiger partial charge in [0, 0.05) is 26.1 Å². The lowest BCUT2D eigenvalue weighted by Crippen LogP contribution is -2.35. The van der Waals surface area contributed by atoms with E-state index in [-0.39, 0.29) is 17.4 Å². The van der Waals surface area contributed by atoms with Crippen LogP contribution in [0.5, 0.6) is 0 Å². The summed E-state index contributed by atoms with van der Waals surface area (Å²) in [6.07, 6.45) is 0. The minimum Gasteiger partial charge on any atom is -0.341 e. The van der Waals surface area contributed by atoms with Gasteiger partial charge in [0.1, 0.15) is 0 Å². The monoisotopic (exact) mass is 156 g/mol. The minimum atomic E-state index is 0.0890. The summed E-state index contributed by atoms with van der Waals surface area (Å²) in [4.78, 5) is 12.8. The average molecular weight is 156 g/mol. The molecule has 3 heteroatoms. The van der Waals surface area contributed by atoms with E-state index in [0.29, 0.717) is 6.54 Å². The summed E-state index contributed by atoms with van der Waals surface area (Å²) in [5, 5.41) is 0. The molecule has 1 atom stereocenters. The molecule has 1 fully saturated rings. The van der Waals surface area contributed by atoms with E-state index in [1.807, 2.05) is 4.90 Å². The van der Waals surface area contributed by atoms with Crippen molar-refractivity contribution in [2.45, 2.75) is 26.8 Å². The molecule has 1 saturated heterocycles. The Morgan fingerprint density at radius 3 is 2.36 bits per heavy atom. The van der Waals surface area contributed by atoms with Gasteiger partial charge in [-0.3, -0.25) is 4.79 Å². The number of rotatable bonds is 0. The van der Waals surface area contributed by atoms with Crippen molar-refractivity contribution in [3.8, 4) is 0 Å². The van der Waals surface area contributed by atoms with Gasteiger partial charge in [0.05, 0.1) is 0 Å². The number of likely N-dealkylation sites (tertiary alicyclic amines) is 1. The third-order valence-corrected chi connectivity index (χ3v) is 2.46. The fraction of sp³-hybridized carbons (Fsp3) is 0.875. The van der Waals surface area contributed by atoms with Gasteiger partial charge >= 0.3 is 0 Å². The molecule has 1 aliphatic rings. The Bertz CT molecular complexity index is 177. The lowest BCUT2D eigenvalue weighted by molar-refractivity contribution is -0.128. The average Bonchev–Trinajstić information content (AvgIpc) is 2.08. The van der Waals surface area contributed by atoms with Crippen molar-refractivity contribution in [3.63, 3.8) is 0 Å². The normalized spacial score (nSPS) is 29.1. The Morgan fingerprint density at radius 1 is 1.64 bits per heavy atom. The van der Waals surface area contributed by atoms with E-state index in [1.54, 1.807) is 6.92 Å². The van der Waals surface area contributed by atoms with Gasteiger partial charge in [0.15, 0.2) is 0 Å². The molecule has 0 bridgehead atoms. The van der Waals surface area contributed by atoms with E-state index in [2.05, 4.69) is 13.8 Å². The molecule has 1 aliphatic heterocycles. The van der Waals surface area contributed by atoms with Gasteiger partial charge in [-0.25, -0.2) is 0 Å². The second-order valence-electron chi connectivity index (χ2n) is 3.99. The second-order valence-corrected chi connectivity index (χ2v) is 3.99. The fourth-order valence-corrected chi connectivity index (χ4v) is 1.40. The maximum Gasteiger partial charge on any atom is 0.219 e. The van der Waals surface area contributed by atoms with Gasteiger partial charge in [-0.1, -0.05) is 13.8 Å². The van der Waals surface area contributed by atoms with Crippen LogP contribution in [-0.2, 0) is 4.79 Å². The SMILES string of the molecule is CC(=O)N1C[C@@H](N)C(C)(C)C1. The molecule has 1 rings (SSSR count). The van der Waals surface area contributed by atoms with Crippen LogP contribution in [0.25, 0.3) is 0 Å². The molecule has 0 aromatic carbocycles. The maximum atomic E-state index is 10.9. The second kappa shape index (κ2) is 2.48. The highest BCUT2D eigenvalue weighted by Crippen LogP contribution is 2.27. The number of hydrogen-bond acceptors (Lipinski definition) is 2. The predicted octanol–water partition coefficient (Wildman–Crippen LogP) is 0.202. The van der Waals surface area contributed by atoms with E-state index in [1.165, 1.54) is 0 Å². The molecular formula is C8H16N2O. The first-order valence-electron chi connectivity index (χ1n) is 3.94. The first kappa shape index (κ1) is 8.53. The van der Waals surface area contributed by atoms with Gasteiger partial charge in [0.25, 0.3) is 0 Å². The molecule has 64 valence electrons. The molecule has 3 nitrogen and oxygen atoms in total. The van der Waals surface area contributed by atoms with E-state index in [9.17, 15) is 4.79 Å². The lowest BCUT2D eigenvalue weighted by Gasteiger charge is -2.21. The predicted molar refractivity (Wildman–Crippen MR) is 44.0 cm³/mol. The number of nitrogens with zero attached hydrogens (tertiary/aromatic N) is 1. The van der Waals surface area contributed by atoms with E-state index >= 15 is 0 Å². The first-order chi connectivity index (χ1) is 4.93. The Hall–Kier alpha value is -0.570. The van der Waals surface area contributed by atoms with Gasteiger partial charge in [-0.05, 0) is 5.41 Å². The Kier molecular flexibility index (Phi) is 1.92. The molecule has 0 spiro atoms. The van der Waals surface area contributed by atoms with Crippen LogP contribution < -0.4 is 5.73 Å². The molecule has 0 radical (unpaired) electrons. The van der Waals surface area contributed by atoms with Gasteiger partial charge in [-0.2, -0.15) is 0 Å². The Labute approximate surface area is 67.5 Å². The number of amides is 1.